The molecule has 1 aliphatic rings. The van der Waals surface area contributed by atoms with Crippen LogP contribution in [0.5, 0.6) is 0 Å². The lowest BCUT2D eigenvalue weighted by Crippen LogP contribution is -2.26. The number of alkyl halides is 5. The highest BCUT2D eigenvalue weighted by molar-refractivity contribution is 6.30. The highest BCUT2D eigenvalue weighted by Gasteiger charge is 2.40. The summed E-state index contributed by atoms with van der Waals surface area (Å²) in [5.41, 5.74) is -0.460. The lowest BCUT2D eigenvalue weighted by Gasteiger charge is -2.28. The van der Waals surface area contributed by atoms with E-state index < -0.39 is 23.7 Å². The number of imidazole rings is 1. The van der Waals surface area contributed by atoms with Crippen molar-refractivity contribution in [3.8, 4) is 0 Å². The Morgan fingerprint density at radius 1 is 1.15 bits per heavy atom. The van der Waals surface area contributed by atoms with Gasteiger partial charge in [-0.3, -0.25) is 9.20 Å². The number of nitrogens with one attached hydrogen (secondary N) is 1. The van der Waals surface area contributed by atoms with Gasteiger partial charge in [0.05, 0.1) is 5.69 Å². The second kappa shape index (κ2) is 8.93. The fourth-order valence-electron chi connectivity index (χ4n) is 4.19. The fourth-order valence-corrected chi connectivity index (χ4v) is 4.49. The highest BCUT2D eigenvalue weighted by Crippen LogP contribution is 2.40. The molecular formula is C23H21ClF5N3O. The van der Waals surface area contributed by atoms with Crippen LogP contribution in [-0.2, 0) is 19.1 Å². The van der Waals surface area contributed by atoms with Gasteiger partial charge >= 0.3 is 6.18 Å². The van der Waals surface area contributed by atoms with Gasteiger partial charge < -0.3 is 5.32 Å². The number of aromatic nitrogens is 2. The zero-order valence-corrected chi connectivity index (χ0v) is 18.2. The Morgan fingerprint density at radius 3 is 2.45 bits per heavy atom. The van der Waals surface area contributed by atoms with Gasteiger partial charge in [0.2, 0.25) is 5.92 Å². The van der Waals surface area contributed by atoms with E-state index in [4.69, 9.17) is 11.6 Å². The van der Waals surface area contributed by atoms with Crippen molar-refractivity contribution in [3.05, 3.63) is 70.1 Å². The number of rotatable bonds is 5. The van der Waals surface area contributed by atoms with E-state index in [1.54, 1.807) is 0 Å². The molecule has 0 atom stereocenters. The first kappa shape index (κ1) is 23.5. The molecule has 0 spiro atoms. The molecule has 1 saturated carbocycles. The Morgan fingerprint density at radius 2 is 1.82 bits per heavy atom. The van der Waals surface area contributed by atoms with Crippen LogP contribution < -0.4 is 5.32 Å². The van der Waals surface area contributed by atoms with Gasteiger partial charge in [-0.25, -0.2) is 13.8 Å². The van der Waals surface area contributed by atoms with Gasteiger partial charge in [0.15, 0.2) is 5.69 Å². The van der Waals surface area contributed by atoms with Crippen LogP contribution >= 0.6 is 11.6 Å². The van der Waals surface area contributed by atoms with Crippen molar-refractivity contribution in [2.75, 3.05) is 0 Å². The van der Waals surface area contributed by atoms with Gasteiger partial charge in [-0.1, -0.05) is 41.9 Å². The molecule has 2 aromatic heterocycles. The Labute approximate surface area is 191 Å². The molecule has 2 heterocycles. The fraction of sp³-hybridized carbons (Fsp3) is 0.391. The third kappa shape index (κ3) is 5.29. The smallest absolute Gasteiger partial charge is 0.348 e. The first-order valence-electron chi connectivity index (χ1n) is 10.5. The summed E-state index contributed by atoms with van der Waals surface area (Å²) in [6, 6.07) is 11.7. The van der Waals surface area contributed by atoms with Crippen LogP contribution in [0.15, 0.2) is 42.5 Å². The molecule has 0 bridgehead atoms. The van der Waals surface area contributed by atoms with Crippen molar-refractivity contribution >= 4 is 23.2 Å². The zero-order chi connectivity index (χ0) is 23.8. The van der Waals surface area contributed by atoms with Crippen molar-refractivity contribution in [2.24, 2.45) is 5.92 Å². The summed E-state index contributed by atoms with van der Waals surface area (Å²) < 4.78 is 69.3. The lowest BCUT2D eigenvalue weighted by molar-refractivity contribution is -0.141. The molecule has 3 aromatic rings. The standard InChI is InChI=1S/C23H21ClF5N3O/c24-18-11-16(21(33)30-13-15-4-2-1-3-5-15)12-19-31-20(23(27,28)29)17(32(18)19)10-14-6-8-22(25,26)9-7-14/h1-5,11-12,14H,6-10,13H2,(H,30,33). The van der Waals surface area contributed by atoms with E-state index in [0.29, 0.717) is 0 Å². The number of carbonyl (C=O) groups excluding carboxylic acids is 1. The molecule has 10 heteroatoms. The number of pyridine rings is 1. The second-order valence-corrected chi connectivity index (χ2v) is 8.72. The molecule has 0 saturated heterocycles. The summed E-state index contributed by atoms with van der Waals surface area (Å²) >= 11 is 6.31. The average Bonchev–Trinajstić information content (AvgIpc) is 3.13. The summed E-state index contributed by atoms with van der Waals surface area (Å²) in [6.07, 6.45) is -5.29. The van der Waals surface area contributed by atoms with Crippen LogP contribution in [0.1, 0.15) is 53.0 Å². The maximum absolute atomic E-state index is 13.7. The van der Waals surface area contributed by atoms with Crippen LogP contribution in [0.2, 0.25) is 5.15 Å². The monoisotopic (exact) mass is 485 g/mol. The van der Waals surface area contributed by atoms with Gasteiger partial charge in [0, 0.05) is 24.9 Å². The van der Waals surface area contributed by atoms with E-state index in [1.807, 2.05) is 30.3 Å². The molecule has 0 radical (unpaired) electrons. The molecule has 4 nitrogen and oxygen atoms in total. The summed E-state index contributed by atoms with van der Waals surface area (Å²) in [6.45, 7) is 0.238. The van der Waals surface area contributed by atoms with Crippen LogP contribution in [0.4, 0.5) is 22.0 Å². The minimum atomic E-state index is -4.75. The number of hydrogen-bond donors (Lipinski definition) is 1. The Hall–Kier alpha value is -2.68. The van der Waals surface area contributed by atoms with Gasteiger partial charge in [0.1, 0.15) is 10.8 Å². The number of fused-ring (bicyclic) bond motifs is 1. The van der Waals surface area contributed by atoms with Crippen LogP contribution in [0, 0.1) is 5.92 Å². The van der Waals surface area contributed by atoms with E-state index in [9.17, 15) is 26.7 Å². The van der Waals surface area contributed by atoms with E-state index in [0.717, 1.165) is 9.96 Å². The predicted molar refractivity (Wildman–Crippen MR) is 113 cm³/mol. The molecule has 33 heavy (non-hydrogen) atoms. The number of carbonyl (C=O) groups is 1. The molecular weight excluding hydrogens is 465 g/mol. The topological polar surface area (TPSA) is 46.4 Å². The lowest BCUT2D eigenvalue weighted by atomic mass is 9.83. The summed E-state index contributed by atoms with van der Waals surface area (Å²) in [4.78, 5) is 16.3. The minimum Gasteiger partial charge on any atom is -0.348 e. The van der Waals surface area contributed by atoms with E-state index in [2.05, 4.69) is 10.3 Å². The Balaban J connectivity index is 1.63. The molecule has 0 unspecified atom stereocenters. The summed E-state index contributed by atoms with van der Waals surface area (Å²) in [7, 11) is 0. The number of nitrogens with zero attached hydrogens (tertiary/aromatic N) is 2. The molecule has 1 N–H and O–H groups in total. The van der Waals surface area contributed by atoms with E-state index in [1.165, 1.54) is 12.1 Å². The first-order chi connectivity index (χ1) is 15.5. The van der Waals surface area contributed by atoms with E-state index >= 15 is 0 Å². The number of benzene rings is 1. The van der Waals surface area contributed by atoms with E-state index in [-0.39, 0.29) is 66.6 Å². The molecule has 1 fully saturated rings. The molecule has 176 valence electrons. The first-order valence-corrected chi connectivity index (χ1v) is 10.9. The molecule has 0 aliphatic heterocycles. The molecule has 1 aromatic carbocycles. The van der Waals surface area contributed by atoms with Gasteiger partial charge in [0.25, 0.3) is 5.91 Å². The quantitative estimate of drug-likeness (QED) is 0.340. The molecule has 4 rings (SSSR count). The molecule has 1 aliphatic carbocycles. The normalized spacial score (nSPS) is 16.8. The maximum Gasteiger partial charge on any atom is 0.435 e. The van der Waals surface area contributed by atoms with Crippen molar-refractivity contribution in [1.82, 2.24) is 14.7 Å². The van der Waals surface area contributed by atoms with Crippen molar-refractivity contribution < 1.29 is 26.7 Å². The van der Waals surface area contributed by atoms with Gasteiger partial charge in [-0.15, -0.1) is 0 Å². The zero-order valence-electron chi connectivity index (χ0n) is 17.4. The number of amides is 1. The van der Waals surface area contributed by atoms with Crippen LogP contribution in [0.3, 0.4) is 0 Å². The second-order valence-electron chi connectivity index (χ2n) is 8.34. The van der Waals surface area contributed by atoms with Gasteiger partial charge in [-0.05, 0) is 42.9 Å². The SMILES string of the molecule is O=C(NCc1ccccc1)c1cc(Cl)n2c(CC3CCC(F)(F)CC3)c(C(F)(F)F)nc2c1. The third-order valence-corrected chi connectivity index (χ3v) is 6.19. The largest absolute Gasteiger partial charge is 0.435 e. The summed E-state index contributed by atoms with van der Waals surface area (Å²) in [5, 5.41) is 2.60. The number of halogens is 6. The van der Waals surface area contributed by atoms with Crippen molar-refractivity contribution in [2.45, 2.75) is 50.7 Å². The van der Waals surface area contributed by atoms with Gasteiger partial charge in [-0.2, -0.15) is 13.2 Å². The predicted octanol–water partition coefficient (Wildman–Crippen LogP) is 6.30. The highest BCUT2D eigenvalue weighted by atomic mass is 35.5. The maximum atomic E-state index is 13.7. The summed E-state index contributed by atoms with van der Waals surface area (Å²) in [5.74, 6) is -3.62. The Kier molecular flexibility index (Phi) is 6.35. The van der Waals surface area contributed by atoms with Crippen LogP contribution in [0.25, 0.3) is 5.65 Å². The molecule has 1 amide bonds. The van der Waals surface area contributed by atoms with Crippen molar-refractivity contribution in [1.29, 1.82) is 0 Å². The number of hydrogen-bond acceptors (Lipinski definition) is 2. The minimum absolute atomic E-state index is 0.0750. The average molecular weight is 486 g/mol. The van der Waals surface area contributed by atoms with Crippen molar-refractivity contribution in [3.63, 3.8) is 0 Å². The Bertz CT molecular complexity index is 1150. The van der Waals surface area contributed by atoms with Crippen LogP contribution in [-0.4, -0.2) is 21.2 Å². The third-order valence-electron chi connectivity index (χ3n) is 5.92.